The molecular formula is C21H29N2Ti. The van der Waals surface area contributed by atoms with E-state index in [0.29, 0.717) is 4.22 Å². The summed E-state index contributed by atoms with van der Waals surface area (Å²) in [5.41, 5.74) is 5.50. The van der Waals surface area contributed by atoms with Gasteiger partial charge in [-0.05, 0) is 0 Å². The summed E-state index contributed by atoms with van der Waals surface area (Å²) in [6, 6.07) is 13.4. The summed E-state index contributed by atoms with van der Waals surface area (Å²) >= 11 is -3.71. The minimum atomic E-state index is -3.71. The number of hydrogen-bond donors (Lipinski definition) is 1. The Balaban J connectivity index is 2.52. The van der Waals surface area contributed by atoms with Gasteiger partial charge in [0.15, 0.2) is 0 Å². The zero-order valence-corrected chi connectivity index (χ0v) is 17.3. The summed E-state index contributed by atoms with van der Waals surface area (Å²) in [6.07, 6.45) is 3.09. The van der Waals surface area contributed by atoms with Crippen LogP contribution in [0.4, 0.5) is 0 Å². The van der Waals surface area contributed by atoms with Gasteiger partial charge in [0.2, 0.25) is 0 Å². The van der Waals surface area contributed by atoms with E-state index in [9.17, 15) is 0 Å². The fourth-order valence-corrected chi connectivity index (χ4v) is 16.3. The molecule has 0 amide bonds. The molecule has 1 aliphatic rings. The van der Waals surface area contributed by atoms with Gasteiger partial charge in [-0.15, -0.1) is 0 Å². The second-order valence-electron chi connectivity index (χ2n) is 7.52. The first kappa shape index (κ1) is 17.4. The summed E-state index contributed by atoms with van der Waals surface area (Å²) in [5.74, 6) is 0. The first-order valence-electron chi connectivity index (χ1n) is 8.99. The van der Waals surface area contributed by atoms with Crippen LogP contribution in [0.5, 0.6) is 0 Å². The second-order valence-corrected chi connectivity index (χ2v) is 15.4. The van der Waals surface area contributed by atoms with E-state index in [1.807, 2.05) is 6.34 Å². The molecule has 0 fully saturated rings. The van der Waals surface area contributed by atoms with Crippen LogP contribution in [0, 0.1) is 27.7 Å². The van der Waals surface area contributed by atoms with Crippen molar-refractivity contribution in [3.8, 4) is 0 Å². The van der Waals surface area contributed by atoms with Crippen molar-refractivity contribution >= 4 is 14.1 Å². The van der Waals surface area contributed by atoms with Crippen molar-refractivity contribution < 1.29 is 15.8 Å². The van der Waals surface area contributed by atoms with Crippen molar-refractivity contribution in [1.82, 2.24) is 3.80 Å². The molecule has 2 aromatic carbocycles. The quantitative estimate of drug-likeness (QED) is 0.814. The van der Waals surface area contributed by atoms with Gasteiger partial charge in [0.25, 0.3) is 0 Å². The summed E-state index contributed by atoms with van der Waals surface area (Å²) in [5, 5.41) is 0. The zero-order valence-electron chi connectivity index (χ0n) is 15.8. The monoisotopic (exact) mass is 357 g/mol. The van der Waals surface area contributed by atoms with E-state index in [1.54, 1.807) is 0 Å². The molecule has 0 saturated heterocycles. The van der Waals surface area contributed by atoms with Gasteiger partial charge >= 0.3 is 148 Å². The molecule has 2 aromatic rings. The molecule has 3 rings (SSSR count). The average Bonchev–Trinajstić information content (AvgIpc) is 2.50. The van der Waals surface area contributed by atoms with Crippen molar-refractivity contribution in [1.29, 1.82) is 0 Å². The van der Waals surface area contributed by atoms with Crippen LogP contribution < -0.4 is 11.5 Å². The number of aryl methyl sites for hydroxylation is 4. The molecule has 3 heteroatoms. The molecule has 0 aliphatic carbocycles. The Labute approximate surface area is 147 Å². The van der Waals surface area contributed by atoms with Gasteiger partial charge in [-0.25, -0.2) is 0 Å². The molecule has 24 heavy (non-hydrogen) atoms. The Hall–Kier alpha value is -1.38. The van der Waals surface area contributed by atoms with Crippen LogP contribution in [0.15, 0.2) is 39.9 Å². The molecule has 0 spiro atoms. The van der Waals surface area contributed by atoms with E-state index in [1.165, 1.54) is 30.0 Å². The molecule has 0 aromatic heterocycles. The van der Waals surface area contributed by atoms with E-state index in [2.05, 4.69) is 81.7 Å². The molecule has 1 heterocycles. The Kier molecular flexibility index (Phi) is 4.26. The Morgan fingerprint density at radius 2 is 1.25 bits per heavy atom. The normalized spacial score (nSPS) is 20.3. The van der Waals surface area contributed by atoms with Crippen LogP contribution in [0.1, 0.15) is 42.5 Å². The van der Waals surface area contributed by atoms with E-state index >= 15 is 0 Å². The maximum atomic E-state index is 5.34. The van der Waals surface area contributed by atoms with Crippen molar-refractivity contribution in [2.45, 2.75) is 52.2 Å². The second kappa shape index (κ2) is 5.86. The first-order chi connectivity index (χ1) is 11.4. The number of rotatable bonds is 4. The van der Waals surface area contributed by atoms with Gasteiger partial charge in [-0.1, -0.05) is 0 Å². The number of hydrogen-bond acceptors (Lipinski definition) is 2. The molecule has 1 unspecified atom stereocenters. The number of nitrogens with zero attached hydrogens (tertiary/aromatic N) is 1. The first-order valence-corrected chi connectivity index (χ1v) is 12.9. The van der Waals surface area contributed by atoms with E-state index in [0.717, 1.165) is 6.42 Å². The maximum absolute atomic E-state index is 5.34. The Bertz CT molecular complexity index is 731. The van der Waals surface area contributed by atoms with Gasteiger partial charge in [0, 0.05) is 0 Å². The molecule has 0 saturated carbocycles. The molecule has 1 N–H and O–H groups in total. The zero-order chi connectivity index (χ0) is 17.6. The third-order valence-corrected chi connectivity index (χ3v) is 17.6. The van der Waals surface area contributed by atoms with Gasteiger partial charge in [0.05, 0.1) is 0 Å². The number of benzene rings is 2. The van der Waals surface area contributed by atoms with Crippen LogP contribution in [0.25, 0.3) is 0 Å². The predicted molar refractivity (Wildman–Crippen MR) is 102 cm³/mol. The molecular weight excluding hydrogens is 328 g/mol. The van der Waals surface area contributed by atoms with E-state index < -0.39 is 15.8 Å². The van der Waals surface area contributed by atoms with Gasteiger partial charge in [-0.2, -0.15) is 0 Å². The summed E-state index contributed by atoms with van der Waals surface area (Å²) in [6.45, 7) is 13.7. The Morgan fingerprint density at radius 1 is 0.875 bits per heavy atom. The average molecular weight is 357 g/mol. The summed E-state index contributed by atoms with van der Waals surface area (Å²) in [4.78, 5) is 0. The van der Waals surface area contributed by atoms with Gasteiger partial charge in [-0.3, -0.25) is 0 Å². The standard InChI is InChI=1S/2C8H9.C4H9.CH2N2.Ti/c2*1-7-4-3-5-8(2)6-7;1-3-4-2;2-1-3;/h2*3-5H,1-2H3;3H,4H2,1-2H3;1H,(H-2,2,3);/q;;;-2;+2. The topological polar surface area (TPSA) is 24.4 Å². The molecule has 0 bridgehead atoms. The van der Waals surface area contributed by atoms with E-state index in [-0.39, 0.29) is 0 Å². The molecule has 1 aliphatic heterocycles. The fourth-order valence-electron chi connectivity index (χ4n) is 5.05. The van der Waals surface area contributed by atoms with Gasteiger partial charge in [0.1, 0.15) is 0 Å². The van der Waals surface area contributed by atoms with Gasteiger partial charge < -0.3 is 0 Å². The van der Waals surface area contributed by atoms with Crippen molar-refractivity contribution in [3.63, 3.8) is 0 Å². The van der Waals surface area contributed by atoms with Crippen molar-refractivity contribution in [3.05, 3.63) is 58.7 Å². The summed E-state index contributed by atoms with van der Waals surface area (Å²) < 4.78 is 12.8. The van der Waals surface area contributed by atoms with Crippen LogP contribution in [0.2, 0.25) is 4.22 Å². The van der Waals surface area contributed by atoms with Crippen LogP contribution >= 0.6 is 0 Å². The van der Waals surface area contributed by atoms with Crippen molar-refractivity contribution in [2.24, 2.45) is 3.47 Å². The van der Waals surface area contributed by atoms with Crippen molar-refractivity contribution in [2.75, 3.05) is 0 Å². The molecule has 127 valence electrons. The van der Waals surface area contributed by atoms with E-state index in [4.69, 9.17) is 3.47 Å². The molecule has 1 atom stereocenters. The summed E-state index contributed by atoms with van der Waals surface area (Å²) in [7, 11) is 0. The minimum absolute atomic E-state index is 0.520. The van der Waals surface area contributed by atoms with Crippen LogP contribution in [0.3, 0.4) is 0 Å². The van der Waals surface area contributed by atoms with Crippen LogP contribution in [-0.2, 0) is 15.8 Å². The third-order valence-electron chi connectivity index (χ3n) is 6.24. The fraction of sp³-hybridized carbons (Fsp3) is 0.381. The Morgan fingerprint density at radius 3 is 1.50 bits per heavy atom. The predicted octanol–water partition coefficient (Wildman–Crippen LogP) is 4.24. The molecule has 2 nitrogen and oxygen atoms in total. The van der Waals surface area contributed by atoms with Crippen LogP contribution in [-0.4, -0.2) is 6.34 Å². The SMILES string of the molecule is CC[CH](C)[Ti]1([c]2c(C)cccc2C)([c]2c(C)cccc2C)[N]=C[NH]1. The third kappa shape index (κ3) is 2.03. The number of nitrogens with one attached hydrogen (secondary N) is 1. The molecule has 0 radical (unpaired) electrons.